The summed E-state index contributed by atoms with van der Waals surface area (Å²) in [6, 6.07) is 7.66. The van der Waals surface area contributed by atoms with E-state index in [2.05, 4.69) is 10.3 Å². The summed E-state index contributed by atoms with van der Waals surface area (Å²) in [4.78, 5) is 3.87. The lowest BCUT2D eigenvalue weighted by molar-refractivity contribution is 1.49. The molecule has 0 unspecified atom stereocenters. The molecule has 2 heteroatoms. The van der Waals surface area contributed by atoms with Crippen LogP contribution in [0.5, 0.6) is 0 Å². The highest BCUT2D eigenvalue weighted by atomic mass is 15.0. The molecule has 0 bridgehead atoms. The van der Waals surface area contributed by atoms with Crippen LogP contribution in [-0.4, -0.2) is 6.34 Å². The quantitative estimate of drug-likeness (QED) is 0.497. The molecular formula is C9H6N2. The van der Waals surface area contributed by atoms with Crippen molar-refractivity contribution < 1.29 is 0 Å². The first-order valence-electron chi connectivity index (χ1n) is 3.33. The van der Waals surface area contributed by atoms with Gasteiger partial charge in [-0.2, -0.15) is 0 Å². The van der Waals surface area contributed by atoms with Crippen molar-refractivity contribution >= 4 is 17.7 Å². The van der Waals surface area contributed by atoms with Crippen molar-refractivity contribution in [1.29, 1.82) is 0 Å². The fourth-order valence-corrected chi connectivity index (χ4v) is 1.03. The van der Waals surface area contributed by atoms with E-state index in [-0.39, 0.29) is 0 Å². The molecule has 1 aromatic rings. The molecule has 0 fully saturated rings. The summed E-state index contributed by atoms with van der Waals surface area (Å²) in [5, 5.41) is 4.05. The average Bonchev–Trinajstić information content (AvgIpc) is 2.06. The third kappa shape index (κ3) is 0.896. The maximum atomic E-state index is 5.61. The number of fused-ring (bicyclic) bond motifs is 1. The number of aliphatic imine (C=N–C) groups is 1. The van der Waals surface area contributed by atoms with Crippen molar-refractivity contribution in [3.8, 4) is 0 Å². The van der Waals surface area contributed by atoms with Gasteiger partial charge < -0.3 is 10.3 Å². The number of nitrogens with zero attached hydrogens (tertiary/aromatic N) is 2. The summed E-state index contributed by atoms with van der Waals surface area (Å²) in [5.41, 5.74) is 2.34. The Bertz CT molecular complexity index is 326. The van der Waals surface area contributed by atoms with Gasteiger partial charge in [0, 0.05) is 6.07 Å². The number of para-hydroxylation sites is 1. The second-order valence-electron chi connectivity index (χ2n) is 2.28. The molecule has 2 rings (SSSR count). The Morgan fingerprint density at radius 1 is 1.27 bits per heavy atom. The van der Waals surface area contributed by atoms with E-state index >= 15 is 0 Å². The highest BCUT2D eigenvalue weighted by Crippen LogP contribution is 2.31. The van der Waals surface area contributed by atoms with Crippen LogP contribution in [0.4, 0.5) is 5.69 Å². The van der Waals surface area contributed by atoms with Crippen LogP contribution in [0.2, 0.25) is 0 Å². The molecule has 0 aliphatic carbocycles. The lowest BCUT2D eigenvalue weighted by atomic mass is 10.1. The molecule has 11 heavy (non-hydrogen) atoms. The Morgan fingerprint density at radius 2 is 2.09 bits per heavy atom. The molecule has 1 heterocycles. The summed E-state index contributed by atoms with van der Waals surface area (Å²) in [6.07, 6.45) is 1.47. The largest absolute Gasteiger partial charge is 0.425 e. The smallest absolute Gasteiger partial charge is 0.189 e. The van der Waals surface area contributed by atoms with Crippen LogP contribution < -0.4 is 0 Å². The minimum Gasteiger partial charge on any atom is -0.425 e. The fraction of sp³-hybridized carbons (Fsp3) is 0. The molecule has 52 valence electrons. The zero-order chi connectivity index (χ0) is 7.68. The zero-order valence-corrected chi connectivity index (χ0v) is 5.86. The molecule has 0 spiro atoms. The van der Waals surface area contributed by atoms with E-state index in [4.69, 9.17) is 6.58 Å². The van der Waals surface area contributed by atoms with Crippen molar-refractivity contribution in [2.75, 3.05) is 0 Å². The first kappa shape index (κ1) is 6.08. The molecule has 1 aromatic carbocycles. The van der Waals surface area contributed by atoms with Crippen LogP contribution in [0.15, 0.2) is 29.3 Å². The van der Waals surface area contributed by atoms with E-state index in [1.807, 2.05) is 24.3 Å². The number of benzene rings is 1. The van der Waals surface area contributed by atoms with Gasteiger partial charge in [-0.15, -0.1) is 0 Å². The van der Waals surface area contributed by atoms with Crippen LogP contribution in [0, 0.1) is 6.58 Å². The first-order chi connectivity index (χ1) is 5.38. The predicted octanol–water partition coefficient (Wildman–Crippen LogP) is 2.51. The van der Waals surface area contributed by atoms with E-state index < -0.39 is 0 Å². The molecule has 0 atom stereocenters. The SMILES string of the molecule is [CH+]=C1N=C[N-]c2ccccc21. The Labute approximate surface area is 65.3 Å². The van der Waals surface area contributed by atoms with Gasteiger partial charge in [-0.25, -0.2) is 0 Å². The van der Waals surface area contributed by atoms with Crippen LogP contribution in [-0.2, 0) is 0 Å². The zero-order valence-electron chi connectivity index (χ0n) is 5.86. The van der Waals surface area contributed by atoms with Crippen molar-refractivity contribution in [1.82, 2.24) is 0 Å². The summed E-state index contributed by atoms with van der Waals surface area (Å²) in [6.45, 7) is 5.61. The van der Waals surface area contributed by atoms with Crippen molar-refractivity contribution in [3.05, 3.63) is 41.7 Å². The standard InChI is InChI=1S/C9H6N2/c1-7-8-4-2-3-5-9(8)11-6-10-7/h1-6H. The fourth-order valence-electron chi connectivity index (χ4n) is 1.03. The van der Waals surface area contributed by atoms with E-state index in [0.717, 1.165) is 11.3 Å². The molecule has 0 saturated heterocycles. The van der Waals surface area contributed by atoms with Gasteiger partial charge in [-0.3, -0.25) is 0 Å². The Hall–Kier alpha value is -1.66. The molecule has 0 amide bonds. The third-order valence-corrected chi connectivity index (χ3v) is 1.57. The third-order valence-electron chi connectivity index (χ3n) is 1.57. The van der Waals surface area contributed by atoms with Crippen LogP contribution in [0.3, 0.4) is 0 Å². The second kappa shape index (κ2) is 2.19. The van der Waals surface area contributed by atoms with Crippen molar-refractivity contribution in [2.45, 2.75) is 0 Å². The summed E-state index contributed by atoms with van der Waals surface area (Å²) in [5.74, 6) is 0. The van der Waals surface area contributed by atoms with Gasteiger partial charge in [0.1, 0.15) is 5.56 Å². The maximum absolute atomic E-state index is 5.61. The van der Waals surface area contributed by atoms with Crippen molar-refractivity contribution in [2.24, 2.45) is 4.99 Å². The normalized spacial score (nSPS) is 13.9. The topological polar surface area (TPSA) is 26.5 Å². The van der Waals surface area contributed by atoms with E-state index in [1.54, 1.807) is 0 Å². The summed E-state index contributed by atoms with van der Waals surface area (Å²) in [7, 11) is 0. The van der Waals surface area contributed by atoms with Gasteiger partial charge in [-0.1, -0.05) is 12.4 Å². The molecule has 0 saturated carbocycles. The van der Waals surface area contributed by atoms with Gasteiger partial charge in [0.15, 0.2) is 5.70 Å². The van der Waals surface area contributed by atoms with Crippen LogP contribution in [0.1, 0.15) is 5.56 Å². The summed E-state index contributed by atoms with van der Waals surface area (Å²) >= 11 is 0. The Balaban J connectivity index is 2.59. The van der Waals surface area contributed by atoms with Crippen LogP contribution in [0.25, 0.3) is 11.0 Å². The minimum atomic E-state index is 0.538. The van der Waals surface area contributed by atoms with E-state index in [0.29, 0.717) is 5.70 Å². The second-order valence-corrected chi connectivity index (χ2v) is 2.28. The highest BCUT2D eigenvalue weighted by Gasteiger charge is 2.09. The molecule has 0 aromatic heterocycles. The molecular weight excluding hydrogens is 136 g/mol. The maximum Gasteiger partial charge on any atom is 0.189 e. The molecule has 2 nitrogen and oxygen atoms in total. The Morgan fingerprint density at radius 3 is 2.91 bits per heavy atom. The first-order valence-corrected chi connectivity index (χ1v) is 3.33. The minimum absolute atomic E-state index is 0.538. The van der Waals surface area contributed by atoms with Gasteiger partial charge in [0.05, 0.1) is 12.3 Å². The Kier molecular flexibility index (Phi) is 1.21. The molecule has 0 N–H and O–H groups in total. The van der Waals surface area contributed by atoms with E-state index in [1.165, 1.54) is 6.34 Å². The predicted molar refractivity (Wildman–Crippen MR) is 45.7 cm³/mol. The van der Waals surface area contributed by atoms with Crippen LogP contribution >= 0.6 is 0 Å². The van der Waals surface area contributed by atoms with Crippen molar-refractivity contribution in [3.63, 3.8) is 0 Å². The van der Waals surface area contributed by atoms with E-state index in [9.17, 15) is 0 Å². The molecule has 0 radical (unpaired) electrons. The lowest BCUT2D eigenvalue weighted by Gasteiger charge is -2.13. The van der Waals surface area contributed by atoms with Gasteiger partial charge >= 0.3 is 0 Å². The number of rotatable bonds is 0. The van der Waals surface area contributed by atoms with Gasteiger partial charge in [0.2, 0.25) is 0 Å². The lowest BCUT2D eigenvalue weighted by Crippen LogP contribution is -1.88. The number of hydrogen-bond donors (Lipinski definition) is 0. The summed E-state index contributed by atoms with van der Waals surface area (Å²) < 4.78 is 0. The average molecular weight is 142 g/mol. The molecule has 1 aliphatic rings. The number of hydrogen-bond acceptors (Lipinski definition) is 1. The highest BCUT2D eigenvalue weighted by molar-refractivity contribution is 5.95. The van der Waals surface area contributed by atoms with Gasteiger partial charge in [0.25, 0.3) is 0 Å². The van der Waals surface area contributed by atoms with Gasteiger partial charge in [-0.05, 0) is 12.1 Å². The monoisotopic (exact) mass is 142 g/mol. The molecule has 1 aliphatic heterocycles.